The summed E-state index contributed by atoms with van der Waals surface area (Å²) in [5.41, 5.74) is 1.99. The molecule has 0 heterocycles. The van der Waals surface area contributed by atoms with Crippen LogP contribution < -0.4 is 9.47 Å². The van der Waals surface area contributed by atoms with E-state index in [1.165, 1.54) is 12.1 Å². The lowest BCUT2D eigenvalue weighted by molar-refractivity contribution is 0.414. The van der Waals surface area contributed by atoms with Crippen LogP contribution in [-0.4, -0.2) is 24.4 Å². The van der Waals surface area contributed by atoms with Gasteiger partial charge >= 0.3 is 0 Å². The highest BCUT2D eigenvalue weighted by Gasteiger charge is 2.14. The van der Waals surface area contributed by atoms with E-state index in [2.05, 4.69) is 20.5 Å². The standard InChI is InChI=1S/C24H20N4O4/c1-31-17-7-3-15(4-8-17)25-27-19-11-13-22(30)24-20(12-14-21(29)23(19)24)28-26-16-5-9-18(32-2)10-6-16/h3-14,29-30H,1-2H3. The van der Waals surface area contributed by atoms with E-state index in [9.17, 15) is 10.2 Å². The van der Waals surface area contributed by atoms with Crippen molar-refractivity contribution in [3.8, 4) is 23.0 Å². The Labute approximate surface area is 184 Å². The van der Waals surface area contributed by atoms with Crippen molar-refractivity contribution in [3.05, 3.63) is 72.8 Å². The molecule has 0 spiro atoms. The highest BCUT2D eigenvalue weighted by molar-refractivity contribution is 6.06. The maximum Gasteiger partial charge on any atom is 0.125 e. The number of methoxy groups -OCH3 is 2. The van der Waals surface area contributed by atoms with Crippen LogP contribution in [0.15, 0.2) is 93.3 Å². The molecule has 32 heavy (non-hydrogen) atoms. The predicted octanol–water partition coefficient (Wildman–Crippen LogP) is 7.10. The fourth-order valence-corrected chi connectivity index (χ4v) is 3.11. The largest absolute Gasteiger partial charge is 0.507 e. The van der Waals surface area contributed by atoms with Crippen molar-refractivity contribution in [1.29, 1.82) is 0 Å². The maximum atomic E-state index is 10.5. The number of benzene rings is 4. The number of rotatable bonds is 6. The number of hydrogen-bond acceptors (Lipinski definition) is 8. The molecular formula is C24H20N4O4. The summed E-state index contributed by atoms with van der Waals surface area (Å²) in [4.78, 5) is 0. The molecule has 0 aliphatic heterocycles. The lowest BCUT2D eigenvalue weighted by Gasteiger charge is -2.08. The zero-order valence-corrected chi connectivity index (χ0v) is 17.4. The summed E-state index contributed by atoms with van der Waals surface area (Å²) in [5, 5.41) is 38.6. The lowest BCUT2D eigenvalue weighted by atomic mass is 10.0. The molecule has 0 radical (unpaired) electrons. The molecule has 4 aromatic carbocycles. The maximum absolute atomic E-state index is 10.5. The normalized spacial score (nSPS) is 11.4. The van der Waals surface area contributed by atoms with Gasteiger partial charge in [-0.05, 0) is 72.8 Å². The van der Waals surface area contributed by atoms with Gasteiger partial charge in [-0.2, -0.15) is 10.2 Å². The van der Waals surface area contributed by atoms with E-state index < -0.39 is 0 Å². The fourth-order valence-electron chi connectivity index (χ4n) is 3.11. The third kappa shape index (κ3) is 4.34. The van der Waals surface area contributed by atoms with Gasteiger partial charge in [0.1, 0.15) is 23.0 Å². The van der Waals surface area contributed by atoms with Gasteiger partial charge < -0.3 is 19.7 Å². The van der Waals surface area contributed by atoms with E-state index in [0.717, 1.165) is 0 Å². The van der Waals surface area contributed by atoms with Crippen molar-refractivity contribution < 1.29 is 19.7 Å². The number of phenols is 2. The fraction of sp³-hybridized carbons (Fsp3) is 0.0833. The highest BCUT2D eigenvalue weighted by atomic mass is 16.5. The quantitative estimate of drug-likeness (QED) is 0.319. The molecule has 0 saturated heterocycles. The summed E-state index contributed by atoms with van der Waals surface area (Å²) in [6, 6.07) is 20.3. The zero-order chi connectivity index (χ0) is 22.5. The Morgan fingerprint density at radius 1 is 0.500 bits per heavy atom. The highest BCUT2D eigenvalue weighted by Crippen LogP contribution is 2.44. The summed E-state index contributed by atoms with van der Waals surface area (Å²) >= 11 is 0. The number of ether oxygens (including phenoxy) is 2. The van der Waals surface area contributed by atoms with Gasteiger partial charge in [0.05, 0.1) is 47.7 Å². The SMILES string of the molecule is COc1ccc(N=Nc2ccc(O)c3c(N=Nc4ccc(OC)cc4)ccc(O)c23)cc1. The molecule has 0 amide bonds. The number of phenolic OH excluding ortho intramolecular Hbond substituents is 2. The van der Waals surface area contributed by atoms with E-state index in [4.69, 9.17) is 9.47 Å². The average Bonchev–Trinajstić information content (AvgIpc) is 2.84. The van der Waals surface area contributed by atoms with Crippen LogP contribution in [0.4, 0.5) is 22.7 Å². The number of hydrogen-bond donors (Lipinski definition) is 2. The summed E-state index contributed by atoms with van der Waals surface area (Å²) in [6.07, 6.45) is 0. The van der Waals surface area contributed by atoms with Gasteiger partial charge in [-0.3, -0.25) is 0 Å². The van der Waals surface area contributed by atoms with Gasteiger partial charge in [-0.15, -0.1) is 10.2 Å². The van der Waals surface area contributed by atoms with Crippen LogP contribution >= 0.6 is 0 Å². The molecule has 0 aliphatic rings. The van der Waals surface area contributed by atoms with Crippen LogP contribution in [0.1, 0.15) is 0 Å². The summed E-state index contributed by atoms with van der Waals surface area (Å²) in [6.45, 7) is 0. The smallest absolute Gasteiger partial charge is 0.125 e. The van der Waals surface area contributed by atoms with Crippen molar-refractivity contribution in [1.82, 2.24) is 0 Å². The third-order valence-corrected chi connectivity index (χ3v) is 4.76. The molecule has 160 valence electrons. The van der Waals surface area contributed by atoms with Gasteiger partial charge in [0.15, 0.2) is 0 Å². The van der Waals surface area contributed by atoms with E-state index >= 15 is 0 Å². The first kappa shape index (κ1) is 20.8. The summed E-state index contributed by atoms with van der Waals surface area (Å²) in [5.74, 6) is 1.32. The van der Waals surface area contributed by atoms with Gasteiger partial charge in [-0.25, -0.2) is 0 Å². The second kappa shape index (κ2) is 9.13. The predicted molar refractivity (Wildman–Crippen MR) is 122 cm³/mol. The van der Waals surface area contributed by atoms with Crippen molar-refractivity contribution >= 4 is 33.5 Å². The molecule has 8 nitrogen and oxygen atoms in total. The molecule has 4 rings (SSSR count). The van der Waals surface area contributed by atoms with Crippen molar-refractivity contribution in [2.75, 3.05) is 14.2 Å². The Balaban J connectivity index is 1.73. The first-order chi connectivity index (χ1) is 15.6. The van der Waals surface area contributed by atoms with Gasteiger partial charge in [0, 0.05) is 0 Å². The van der Waals surface area contributed by atoms with E-state index in [0.29, 0.717) is 45.0 Å². The van der Waals surface area contributed by atoms with Crippen LogP contribution in [-0.2, 0) is 0 Å². The van der Waals surface area contributed by atoms with Crippen molar-refractivity contribution in [2.45, 2.75) is 0 Å². The topological polar surface area (TPSA) is 108 Å². The van der Waals surface area contributed by atoms with E-state index in [1.807, 2.05) is 0 Å². The third-order valence-electron chi connectivity index (χ3n) is 4.76. The van der Waals surface area contributed by atoms with Crippen LogP contribution in [0.2, 0.25) is 0 Å². The Hall–Kier alpha value is -4.46. The minimum Gasteiger partial charge on any atom is -0.507 e. The molecule has 2 N–H and O–H groups in total. The Bertz CT molecular complexity index is 1200. The van der Waals surface area contributed by atoms with Crippen molar-refractivity contribution in [2.24, 2.45) is 20.5 Å². The van der Waals surface area contributed by atoms with Crippen molar-refractivity contribution in [3.63, 3.8) is 0 Å². The molecule has 0 aliphatic carbocycles. The lowest BCUT2D eigenvalue weighted by Crippen LogP contribution is -1.80. The average molecular weight is 428 g/mol. The molecule has 4 aromatic rings. The van der Waals surface area contributed by atoms with Crippen LogP contribution in [0.3, 0.4) is 0 Å². The first-order valence-corrected chi connectivity index (χ1v) is 9.68. The summed E-state index contributed by atoms with van der Waals surface area (Å²) < 4.78 is 10.3. The van der Waals surface area contributed by atoms with E-state index in [-0.39, 0.29) is 11.5 Å². The summed E-state index contributed by atoms with van der Waals surface area (Å²) in [7, 11) is 3.18. The van der Waals surface area contributed by atoms with Gasteiger partial charge in [0.25, 0.3) is 0 Å². The monoisotopic (exact) mass is 428 g/mol. The van der Waals surface area contributed by atoms with E-state index in [1.54, 1.807) is 74.9 Å². The second-order valence-corrected chi connectivity index (χ2v) is 6.75. The Kier molecular flexibility index (Phi) is 5.94. The molecule has 0 atom stereocenters. The molecule has 8 heteroatoms. The second-order valence-electron chi connectivity index (χ2n) is 6.75. The number of nitrogens with zero attached hydrogens (tertiary/aromatic N) is 4. The first-order valence-electron chi connectivity index (χ1n) is 9.68. The molecule has 0 bridgehead atoms. The molecular weight excluding hydrogens is 408 g/mol. The minimum atomic E-state index is -0.0528. The van der Waals surface area contributed by atoms with Gasteiger partial charge in [-0.1, -0.05) is 0 Å². The van der Waals surface area contributed by atoms with Crippen LogP contribution in [0, 0.1) is 0 Å². The van der Waals surface area contributed by atoms with Crippen LogP contribution in [0.25, 0.3) is 10.8 Å². The number of azo groups is 2. The molecule has 0 aromatic heterocycles. The Morgan fingerprint density at radius 3 is 1.22 bits per heavy atom. The molecule has 0 unspecified atom stereocenters. The molecule has 0 saturated carbocycles. The molecule has 0 fully saturated rings. The number of fused-ring (bicyclic) bond motifs is 1. The minimum absolute atomic E-state index is 0.0528. The zero-order valence-electron chi connectivity index (χ0n) is 17.4. The van der Waals surface area contributed by atoms with Crippen LogP contribution in [0.5, 0.6) is 23.0 Å². The Morgan fingerprint density at radius 2 is 0.875 bits per heavy atom. The number of aromatic hydroxyl groups is 2. The van der Waals surface area contributed by atoms with Gasteiger partial charge in [0.2, 0.25) is 0 Å².